The van der Waals surface area contributed by atoms with Crippen LogP contribution in [0.3, 0.4) is 0 Å². The summed E-state index contributed by atoms with van der Waals surface area (Å²) < 4.78 is 25.3. The van der Waals surface area contributed by atoms with Crippen molar-refractivity contribution < 1.29 is 13.2 Å². The van der Waals surface area contributed by atoms with Crippen molar-refractivity contribution in [3.8, 4) is 0 Å². The van der Waals surface area contributed by atoms with Gasteiger partial charge in [0, 0.05) is 11.6 Å². The molecule has 2 N–H and O–H groups in total. The molecule has 1 atom stereocenters. The summed E-state index contributed by atoms with van der Waals surface area (Å²) in [5, 5.41) is 3.48. The van der Waals surface area contributed by atoms with Gasteiger partial charge in [0.15, 0.2) is 0 Å². The predicted octanol–water partition coefficient (Wildman–Crippen LogP) is 2.74. The number of amides is 1. The monoisotopic (exact) mass is 395 g/mol. The van der Waals surface area contributed by atoms with E-state index in [9.17, 15) is 13.2 Å². The maximum absolute atomic E-state index is 12.6. The van der Waals surface area contributed by atoms with E-state index in [1.807, 2.05) is 37.2 Å². The lowest BCUT2D eigenvalue weighted by molar-refractivity contribution is 0.0943. The Bertz CT molecular complexity index is 885. The molecule has 1 amide bonds. The fraction of sp³-hybridized carbons (Fsp3) is 0.278. The van der Waals surface area contributed by atoms with Crippen molar-refractivity contribution in [3.63, 3.8) is 0 Å². The summed E-state index contributed by atoms with van der Waals surface area (Å²) in [6, 6.07) is 13.8. The first kappa shape index (κ1) is 20.2. The number of carbonyl (C=O) groups is 1. The van der Waals surface area contributed by atoms with Crippen LogP contribution in [0.15, 0.2) is 48.5 Å². The van der Waals surface area contributed by atoms with Crippen LogP contribution in [0.5, 0.6) is 0 Å². The molecule has 0 bridgehead atoms. The molecule has 0 aliphatic heterocycles. The van der Waals surface area contributed by atoms with Crippen molar-refractivity contribution in [2.45, 2.75) is 6.04 Å². The number of likely N-dealkylation sites (N-methyl/N-ethyl adjacent to an activating group) is 1. The molecule has 2 rings (SSSR count). The Morgan fingerprint density at radius 3 is 2.35 bits per heavy atom. The Hall–Kier alpha value is -2.09. The van der Waals surface area contributed by atoms with Crippen molar-refractivity contribution >= 4 is 33.2 Å². The van der Waals surface area contributed by atoms with E-state index < -0.39 is 10.0 Å². The van der Waals surface area contributed by atoms with Gasteiger partial charge in [0.2, 0.25) is 10.0 Å². The minimum absolute atomic E-state index is 0.123. The summed E-state index contributed by atoms with van der Waals surface area (Å²) >= 11 is 6.28. The van der Waals surface area contributed by atoms with Gasteiger partial charge in [-0.15, -0.1) is 0 Å². The highest BCUT2D eigenvalue weighted by atomic mass is 35.5. The molecule has 0 aliphatic rings. The zero-order valence-corrected chi connectivity index (χ0v) is 16.4. The maximum atomic E-state index is 12.6. The molecule has 0 radical (unpaired) electrons. The van der Waals surface area contributed by atoms with Gasteiger partial charge in [0.05, 0.1) is 23.5 Å². The van der Waals surface area contributed by atoms with E-state index in [2.05, 4.69) is 10.0 Å². The molecular weight excluding hydrogens is 374 g/mol. The zero-order valence-electron chi connectivity index (χ0n) is 14.9. The standard InChI is InChI=1S/C18H22ClN3O3S/c1-22(2)17(13-8-4-6-10-15(13)19)12-20-18(23)14-9-5-7-11-16(14)21-26(3,24)25/h4-11,17,21H,12H2,1-3H3,(H,20,23)/t17-/m1/s1. The second-order valence-corrected chi connectivity index (χ2v) is 8.29. The second kappa shape index (κ2) is 8.53. The molecule has 0 heterocycles. The first-order valence-electron chi connectivity index (χ1n) is 7.95. The lowest BCUT2D eigenvalue weighted by Gasteiger charge is -2.26. The predicted molar refractivity (Wildman–Crippen MR) is 105 cm³/mol. The molecular formula is C18H22ClN3O3S. The average molecular weight is 396 g/mol. The fourth-order valence-corrected chi connectivity index (χ4v) is 3.41. The topological polar surface area (TPSA) is 78.5 Å². The SMILES string of the molecule is CN(C)[C@H](CNC(=O)c1ccccc1NS(C)(=O)=O)c1ccccc1Cl. The molecule has 0 saturated heterocycles. The van der Waals surface area contributed by atoms with Gasteiger partial charge in [0.1, 0.15) is 0 Å². The van der Waals surface area contributed by atoms with E-state index in [-0.39, 0.29) is 23.2 Å². The van der Waals surface area contributed by atoms with Crippen LogP contribution in [0, 0.1) is 0 Å². The van der Waals surface area contributed by atoms with Crippen molar-refractivity contribution in [3.05, 3.63) is 64.7 Å². The highest BCUT2D eigenvalue weighted by Crippen LogP contribution is 2.25. The Morgan fingerprint density at radius 1 is 1.12 bits per heavy atom. The van der Waals surface area contributed by atoms with Gasteiger partial charge in [-0.2, -0.15) is 0 Å². The number of benzene rings is 2. The third-order valence-electron chi connectivity index (χ3n) is 3.81. The number of rotatable bonds is 7. The van der Waals surface area contributed by atoms with Crippen LogP contribution in [0.1, 0.15) is 22.0 Å². The number of carbonyl (C=O) groups excluding carboxylic acids is 1. The Balaban J connectivity index is 2.18. The van der Waals surface area contributed by atoms with E-state index in [4.69, 9.17) is 11.6 Å². The molecule has 8 heteroatoms. The third kappa shape index (κ3) is 5.45. The molecule has 26 heavy (non-hydrogen) atoms. The van der Waals surface area contributed by atoms with Gasteiger partial charge in [-0.05, 0) is 37.9 Å². The van der Waals surface area contributed by atoms with E-state index in [1.165, 1.54) is 0 Å². The largest absolute Gasteiger partial charge is 0.350 e. The molecule has 2 aromatic carbocycles. The van der Waals surface area contributed by atoms with Crippen LogP contribution < -0.4 is 10.0 Å². The molecule has 0 unspecified atom stereocenters. The Labute approximate surface area is 159 Å². The smallest absolute Gasteiger partial charge is 0.253 e. The summed E-state index contributed by atoms with van der Waals surface area (Å²) in [5.41, 5.74) is 1.41. The molecule has 2 aromatic rings. The number of hydrogen-bond donors (Lipinski definition) is 2. The highest BCUT2D eigenvalue weighted by molar-refractivity contribution is 7.92. The number of sulfonamides is 1. The summed E-state index contributed by atoms with van der Waals surface area (Å²) in [7, 11) is 0.322. The number of nitrogens with zero attached hydrogens (tertiary/aromatic N) is 1. The summed E-state index contributed by atoms with van der Waals surface area (Å²) in [5.74, 6) is -0.365. The summed E-state index contributed by atoms with van der Waals surface area (Å²) in [6.07, 6.45) is 1.04. The first-order valence-corrected chi connectivity index (χ1v) is 10.2. The van der Waals surface area contributed by atoms with E-state index >= 15 is 0 Å². The highest BCUT2D eigenvalue weighted by Gasteiger charge is 2.19. The zero-order chi connectivity index (χ0) is 19.3. The third-order valence-corrected chi connectivity index (χ3v) is 4.75. The molecule has 6 nitrogen and oxygen atoms in total. The van der Waals surface area contributed by atoms with Crippen LogP contribution in [0.4, 0.5) is 5.69 Å². The normalized spacial score (nSPS) is 12.7. The molecule has 0 fully saturated rings. The van der Waals surface area contributed by atoms with Gasteiger partial charge in [-0.3, -0.25) is 9.52 Å². The summed E-state index contributed by atoms with van der Waals surface area (Å²) in [4.78, 5) is 14.6. The van der Waals surface area contributed by atoms with Gasteiger partial charge in [0.25, 0.3) is 5.91 Å². The van der Waals surface area contributed by atoms with Crippen LogP contribution in [-0.2, 0) is 10.0 Å². The van der Waals surface area contributed by atoms with Gasteiger partial charge < -0.3 is 10.2 Å². The Morgan fingerprint density at radius 2 is 1.73 bits per heavy atom. The molecule has 0 spiro atoms. The molecule has 0 aliphatic carbocycles. The van der Waals surface area contributed by atoms with Gasteiger partial charge in [-0.25, -0.2) is 8.42 Å². The van der Waals surface area contributed by atoms with Crippen LogP contribution in [0.25, 0.3) is 0 Å². The van der Waals surface area contributed by atoms with Crippen molar-refractivity contribution in [1.82, 2.24) is 10.2 Å². The molecule has 0 saturated carbocycles. The minimum atomic E-state index is -3.48. The maximum Gasteiger partial charge on any atom is 0.253 e. The molecule has 0 aromatic heterocycles. The summed E-state index contributed by atoms with van der Waals surface area (Å²) in [6.45, 7) is 0.322. The lowest BCUT2D eigenvalue weighted by Crippen LogP contribution is -2.35. The van der Waals surface area contributed by atoms with Gasteiger partial charge in [-0.1, -0.05) is 41.9 Å². The van der Waals surface area contributed by atoms with E-state index in [1.54, 1.807) is 30.3 Å². The van der Waals surface area contributed by atoms with Crippen molar-refractivity contribution in [2.24, 2.45) is 0 Å². The van der Waals surface area contributed by atoms with Crippen LogP contribution in [0.2, 0.25) is 5.02 Å². The number of hydrogen-bond acceptors (Lipinski definition) is 4. The van der Waals surface area contributed by atoms with E-state index in [0.717, 1.165) is 11.8 Å². The first-order chi connectivity index (χ1) is 12.2. The minimum Gasteiger partial charge on any atom is -0.350 e. The Kier molecular flexibility index (Phi) is 6.63. The number of nitrogens with one attached hydrogen (secondary N) is 2. The number of para-hydroxylation sites is 1. The number of anilines is 1. The van der Waals surface area contributed by atoms with E-state index in [0.29, 0.717) is 11.6 Å². The lowest BCUT2D eigenvalue weighted by atomic mass is 10.1. The van der Waals surface area contributed by atoms with Crippen LogP contribution in [-0.4, -0.2) is 46.1 Å². The van der Waals surface area contributed by atoms with Crippen LogP contribution >= 0.6 is 11.6 Å². The van der Waals surface area contributed by atoms with Crippen molar-refractivity contribution in [1.29, 1.82) is 0 Å². The van der Waals surface area contributed by atoms with Crippen molar-refractivity contribution in [2.75, 3.05) is 31.6 Å². The fourth-order valence-electron chi connectivity index (χ4n) is 2.57. The van der Waals surface area contributed by atoms with Gasteiger partial charge >= 0.3 is 0 Å². The number of halogens is 1. The average Bonchev–Trinajstić information content (AvgIpc) is 2.55. The second-order valence-electron chi connectivity index (χ2n) is 6.13. The molecule has 140 valence electrons. The quantitative estimate of drug-likeness (QED) is 0.755.